The quantitative estimate of drug-likeness (QED) is 0.816. The zero-order chi connectivity index (χ0) is 16.4. The Balaban J connectivity index is 1.63. The fourth-order valence-electron chi connectivity index (χ4n) is 2.47. The first-order chi connectivity index (χ1) is 11.1. The highest BCUT2D eigenvalue weighted by Crippen LogP contribution is 2.30. The number of ether oxygens (including phenoxy) is 1. The second kappa shape index (κ2) is 6.04. The molecule has 2 aromatic carbocycles. The molecule has 0 atom stereocenters. The normalized spacial score (nSPS) is 13.2. The second-order valence-corrected chi connectivity index (χ2v) is 5.17. The maximum atomic E-state index is 13.1. The van der Waals surface area contributed by atoms with Crippen LogP contribution in [-0.2, 0) is 16.1 Å². The van der Waals surface area contributed by atoms with E-state index in [4.69, 9.17) is 4.74 Å². The summed E-state index contributed by atoms with van der Waals surface area (Å²) in [5, 5.41) is 0. The van der Waals surface area contributed by atoms with Gasteiger partial charge in [0.25, 0.3) is 5.91 Å². The van der Waals surface area contributed by atoms with Crippen molar-refractivity contribution in [1.82, 2.24) is 4.90 Å². The molecule has 1 heterocycles. The molecule has 1 amide bonds. The van der Waals surface area contributed by atoms with Crippen molar-refractivity contribution in [2.45, 2.75) is 6.61 Å². The molecule has 0 saturated heterocycles. The molecule has 1 aliphatic heterocycles. The van der Waals surface area contributed by atoms with E-state index in [0.29, 0.717) is 16.8 Å². The number of carbonyl (C=O) groups is 2. The molecule has 1 aliphatic rings. The number of nitrogens with zero attached hydrogens (tertiary/aromatic N) is 1. The molecular formula is C18H14FNO3. The van der Waals surface area contributed by atoms with E-state index in [1.807, 2.05) is 6.07 Å². The molecule has 0 bridgehead atoms. The number of halogens is 1. The monoisotopic (exact) mass is 311 g/mol. The van der Waals surface area contributed by atoms with Crippen LogP contribution >= 0.6 is 0 Å². The average molecular weight is 311 g/mol. The molecule has 0 aromatic heterocycles. The van der Waals surface area contributed by atoms with Gasteiger partial charge in [-0.05, 0) is 23.8 Å². The smallest absolute Gasteiger partial charge is 0.326 e. The molecule has 0 fully saturated rings. The fraction of sp³-hybridized carbons (Fsp3) is 0.111. The zero-order valence-corrected chi connectivity index (χ0v) is 12.3. The van der Waals surface area contributed by atoms with E-state index in [1.165, 1.54) is 17.0 Å². The summed E-state index contributed by atoms with van der Waals surface area (Å²) in [6.07, 6.45) is 0. The van der Waals surface area contributed by atoms with Crippen LogP contribution in [0.15, 0.2) is 55.1 Å². The number of amides is 1. The minimum atomic E-state index is -0.573. The third kappa shape index (κ3) is 2.99. The van der Waals surface area contributed by atoms with Gasteiger partial charge in [-0.15, -0.1) is 0 Å². The van der Waals surface area contributed by atoms with E-state index in [1.54, 1.807) is 30.3 Å². The molecule has 0 unspecified atom stereocenters. The van der Waals surface area contributed by atoms with Gasteiger partial charge in [0.1, 0.15) is 19.0 Å². The van der Waals surface area contributed by atoms with Crippen LogP contribution in [0.2, 0.25) is 0 Å². The van der Waals surface area contributed by atoms with Gasteiger partial charge < -0.3 is 4.74 Å². The first-order valence-electron chi connectivity index (χ1n) is 7.06. The molecule has 0 aliphatic carbocycles. The Bertz CT molecular complexity index is 765. The lowest BCUT2D eigenvalue weighted by molar-refractivity contribution is -0.145. The molecule has 0 saturated carbocycles. The third-order valence-corrected chi connectivity index (χ3v) is 3.62. The number of carbonyl (C=O) groups excluding carboxylic acids is 2. The van der Waals surface area contributed by atoms with Crippen LogP contribution in [-0.4, -0.2) is 23.3 Å². The van der Waals surface area contributed by atoms with Crippen LogP contribution in [0.5, 0.6) is 0 Å². The molecule has 4 nitrogen and oxygen atoms in total. The topological polar surface area (TPSA) is 46.6 Å². The van der Waals surface area contributed by atoms with Crippen molar-refractivity contribution < 1.29 is 18.7 Å². The van der Waals surface area contributed by atoms with E-state index in [2.05, 4.69) is 6.58 Å². The van der Waals surface area contributed by atoms with Crippen LogP contribution in [0.3, 0.4) is 0 Å². The molecule has 23 heavy (non-hydrogen) atoms. The molecule has 0 radical (unpaired) electrons. The Morgan fingerprint density at radius 2 is 1.87 bits per heavy atom. The third-order valence-electron chi connectivity index (χ3n) is 3.62. The van der Waals surface area contributed by atoms with Crippen LogP contribution in [0.25, 0.3) is 5.70 Å². The minimum Gasteiger partial charge on any atom is -0.459 e. The van der Waals surface area contributed by atoms with Crippen LogP contribution < -0.4 is 0 Å². The minimum absolute atomic E-state index is 0.0436. The predicted molar refractivity (Wildman–Crippen MR) is 82.7 cm³/mol. The van der Waals surface area contributed by atoms with Gasteiger partial charge in [0, 0.05) is 16.8 Å². The Morgan fingerprint density at radius 3 is 2.57 bits per heavy atom. The van der Waals surface area contributed by atoms with Gasteiger partial charge in [-0.2, -0.15) is 0 Å². The summed E-state index contributed by atoms with van der Waals surface area (Å²) in [5.41, 5.74) is 2.27. The van der Waals surface area contributed by atoms with Crippen LogP contribution in [0.4, 0.5) is 4.39 Å². The van der Waals surface area contributed by atoms with Crippen LogP contribution in [0, 0.1) is 5.82 Å². The Morgan fingerprint density at radius 1 is 1.13 bits per heavy atom. The van der Waals surface area contributed by atoms with Crippen molar-refractivity contribution in [2.24, 2.45) is 0 Å². The van der Waals surface area contributed by atoms with Crippen molar-refractivity contribution in [2.75, 3.05) is 6.54 Å². The molecule has 3 rings (SSSR count). The van der Waals surface area contributed by atoms with Gasteiger partial charge in [-0.1, -0.05) is 36.9 Å². The first kappa shape index (κ1) is 15.0. The average Bonchev–Trinajstić information content (AvgIpc) is 2.79. The largest absolute Gasteiger partial charge is 0.459 e. The number of esters is 1. The van der Waals surface area contributed by atoms with Gasteiger partial charge in [0.2, 0.25) is 0 Å². The molecule has 0 spiro atoms. The summed E-state index contributed by atoms with van der Waals surface area (Å²) >= 11 is 0. The number of benzene rings is 2. The molecule has 2 aromatic rings. The standard InChI is InChI=1S/C18H14FNO3/c1-12-15-7-2-3-8-16(15)18(22)20(12)10-17(21)23-11-13-5-4-6-14(19)9-13/h2-9H,1,10-11H2. The maximum Gasteiger partial charge on any atom is 0.326 e. The summed E-state index contributed by atoms with van der Waals surface area (Å²) in [5.74, 6) is -1.23. The van der Waals surface area contributed by atoms with Crippen molar-refractivity contribution >= 4 is 17.6 Å². The van der Waals surface area contributed by atoms with E-state index in [-0.39, 0.29) is 19.1 Å². The summed E-state index contributed by atoms with van der Waals surface area (Å²) < 4.78 is 18.2. The Kier molecular flexibility index (Phi) is 3.93. The number of hydrogen-bond acceptors (Lipinski definition) is 3. The molecular weight excluding hydrogens is 297 g/mol. The van der Waals surface area contributed by atoms with E-state index < -0.39 is 11.8 Å². The maximum absolute atomic E-state index is 13.1. The van der Waals surface area contributed by atoms with Crippen molar-refractivity contribution in [1.29, 1.82) is 0 Å². The van der Waals surface area contributed by atoms with Gasteiger partial charge in [0.05, 0.1) is 0 Å². The summed E-state index contributed by atoms with van der Waals surface area (Å²) in [6, 6.07) is 12.9. The van der Waals surface area contributed by atoms with Crippen molar-refractivity contribution in [3.8, 4) is 0 Å². The van der Waals surface area contributed by atoms with Crippen molar-refractivity contribution in [3.63, 3.8) is 0 Å². The second-order valence-electron chi connectivity index (χ2n) is 5.17. The predicted octanol–water partition coefficient (Wildman–Crippen LogP) is 3.00. The van der Waals surface area contributed by atoms with Gasteiger partial charge >= 0.3 is 5.97 Å². The van der Waals surface area contributed by atoms with Crippen molar-refractivity contribution in [3.05, 3.63) is 77.6 Å². The number of hydrogen-bond donors (Lipinski definition) is 0. The molecule has 0 N–H and O–H groups in total. The number of fused-ring (bicyclic) bond motifs is 1. The van der Waals surface area contributed by atoms with E-state index >= 15 is 0 Å². The van der Waals surface area contributed by atoms with Gasteiger partial charge in [-0.25, -0.2) is 4.39 Å². The molecule has 116 valence electrons. The fourth-order valence-corrected chi connectivity index (χ4v) is 2.47. The van der Waals surface area contributed by atoms with Crippen LogP contribution in [0.1, 0.15) is 21.5 Å². The summed E-state index contributed by atoms with van der Waals surface area (Å²) in [6.45, 7) is 3.59. The Labute approximate surface area is 132 Å². The van der Waals surface area contributed by atoms with E-state index in [9.17, 15) is 14.0 Å². The SMILES string of the molecule is C=C1c2ccccc2C(=O)N1CC(=O)OCc1cccc(F)c1. The highest BCUT2D eigenvalue weighted by molar-refractivity contribution is 6.10. The lowest BCUT2D eigenvalue weighted by Gasteiger charge is -2.16. The number of rotatable bonds is 4. The lowest BCUT2D eigenvalue weighted by atomic mass is 10.1. The van der Waals surface area contributed by atoms with Gasteiger partial charge in [-0.3, -0.25) is 14.5 Å². The first-order valence-corrected chi connectivity index (χ1v) is 7.06. The van der Waals surface area contributed by atoms with Gasteiger partial charge in [0.15, 0.2) is 0 Å². The Hall–Kier alpha value is -2.95. The van der Waals surface area contributed by atoms with E-state index in [0.717, 1.165) is 5.56 Å². The summed E-state index contributed by atoms with van der Waals surface area (Å²) in [7, 11) is 0. The lowest BCUT2D eigenvalue weighted by Crippen LogP contribution is -2.30. The summed E-state index contributed by atoms with van der Waals surface area (Å²) in [4.78, 5) is 25.5. The highest BCUT2D eigenvalue weighted by atomic mass is 19.1. The zero-order valence-electron chi connectivity index (χ0n) is 12.3. The highest BCUT2D eigenvalue weighted by Gasteiger charge is 2.32. The molecule has 5 heteroatoms.